The third-order valence-corrected chi connectivity index (χ3v) is 7.64. The quantitative estimate of drug-likeness (QED) is 0.345. The zero-order valence-electron chi connectivity index (χ0n) is 21.9. The first-order valence-electron chi connectivity index (χ1n) is 12.9. The van der Waals surface area contributed by atoms with E-state index >= 15 is 0 Å². The number of hydrogen-bond acceptors (Lipinski definition) is 6. The highest BCUT2D eigenvalue weighted by molar-refractivity contribution is 6.30. The number of benzene rings is 3. The molecule has 2 atom stereocenters. The first kappa shape index (κ1) is 26.6. The molecule has 0 bridgehead atoms. The minimum Gasteiger partial charge on any atom is -0.504 e. The van der Waals surface area contributed by atoms with Crippen molar-refractivity contribution in [3.8, 4) is 11.5 Å². The Balaban J connectivity index is 1.49. The van der Waals surface area contributed by atoms with Gasteiger partial charge in [0.05, 0.1) is 19.3 Å². The first-order chi connectivity index (χ1) is 18.9. The number of rotatable bonds is 7. The molecule has 0 aromatic heterocycles. The van der Waals surface area contributed by atoms with Crippen molar-refractivity contribution in [3.05, 3.63) is 117 Å². The zero-order valence-corrected chi connectivity index (χ0v) is 22.6. The molecule has 2 N–H and O–H groups in total. The van der Waals surface area contributed by atoms with E-state index in [9.17, 15) is 14.7 Å². The molecule has 0 amide bonds. The molecule has 0 saturated heterocycles. The number of dihydropyridines is 1. The summed E-state index contributed by atoms with van der Waals surface area (Å²) >= 11 is 6.08. The molecular formula is C32H30ClNO5. The fraction of sp³-hybridized carbons (Fsp3) is 0.250. The normalized spacial score (nSPS) is 18.9. The molecule has 1 aliphatic carbocycles. The van der Waals surface area contributed by atoms with E-state index < -0.39 is 11.9 Å². The maximum atomic E-state index is 13.8. The maximum Gasteiger partial charge on any atom is 0.336 e. The van der Waals surface area contributed by atoms with Crippen LogP contribution in [0.4, 0.5) is 0 Å². The van der Waals surface area contributed by atoms with E-state index in [0.29, 0.717) is 46.7 Å². The maximum absolute atomic E-state index is 13.8. The van der Waals surface area contributed by atoms with Gasteiger partial charge in [-0.25, -0.2) is 4.79 Å². The number of Topliss-reactive ketones (excluding diaryl/α,β-unsaturated/α-hetero) is 1. The van der Waals surface area contributed by atoms with Crippen LogP contribution in [0, 0.1) is 0 Å². The summed E-state index contributed by atoms with van der Waals surface area (Å²) in [7, 11) is 1.47. The van der Waals surface area contributed by atoms with E-state index in [0.717, 1.165) is 16.8 Å². The number of methoxy groups -OCH3 is 1. The van der Waals surface area contributed by atoms with Crippen molar-refractivity contribution >= 4 is 23.4 Å². The summed E-state index contributed by atoms with van der Waals surface area (Å²) < 4.78 is 11.1. The molecular weight excluding hydrogens is 514 g/mol. The minimum absolute atomic E-state index is 0.0109. The summed E-state index contributed by atoms with van der Waals surface area (Å²) in [5.41, 5.74) is 5.14. The van der Waals surface area contributed by atoms with Gasteiger partial charge in [-0.15, -0.1) is 0 Å². The number of ketones is 1. The molecule has 39 heavy (non-hydrogen) atoms. The van der Waals surface area contributed by atoms with Crippen molar-refractivity contribution in [2.45, 2.75) is 38.0 Å². The third kappa shape index (κ3) is 5.57. The van der Waals surface area contributed by atoms with Gasteiger partial charge in [-0.05, 0) is 60.2 Å². The number of esters is 1. The van der Waals surface area contributed by atoms with Gasteiger partial charge in [0.15, 0.2) is 17.3 Å². The first-order valence-corrected chi connectivity index (χ1v) is 13.3. The lowest BCUT2D eigenvalue weighted by molar-refractivity contribution is -0.139. The Hall–Kier alpha value is -4.03. The molecule has 0 fully saturated rings. The predicted molar refractivity (Wildman–Crippen MR) is 150 cm³/mol. The van der Waals surface area contributed by atoms with Gasteiger partial charge in [-0.3, -0.25) is 4.79 Å². The summed E-state index contributed by atoms with van der Waals surface area (Å²) in [4.78, 5) is 27.3. The molecule has 3 aromatic rings. The number of allylic oxidation sites excluding steroid dienone is 3. The van der Waals surface area contributed by atoms with Gasteiger partial charge in [0.2, 0.25) is 0 Å². The number of ether oxygens (including phenoxy) is 2. The van der Waals surface area contributed by atoms with Crippen LogP contribution < -0.4 is 10.1 Å². The lowest BCUT2D eigenvalue weighted by atomic mass is 9.71. The molecule has 6 nitrogen and oxygen atoms in total. The van der Waals surface area contributed by atoms with Crippen molar-refractivity contribution in [2.75, 3.05) is 13.7 Å². The van der Waals surface area contributed by atoms with Gasteiger partial charge in [0, 0.05) is 40.7 Å². The third-order valence-electron chi connectivity index (χ3n) is 7.39. The van der Waals surface area contributed by atoms with Crippen molar-refractivity contribution in [1.29, 1.82) is 0 Å². The monoisotopic (exact) mass is 543 g/mol. The largest absolute Gasteiger partial charge is 0.504 e. The van der Waals surface area contributed by atoms with Crippen LogP contribution in [0.5, 0.6) is 11.5 Å². The molecule has 0 radical (unpaired) electrons. The highest BCUT2D eigenvalue weighted by Gasteiger charge is 2.41. The highest BCUT2D eigenvalue weighted by Crippen LogP contribution is 2.47. The van der Waals surface area contributed by atoms with Crippen molar-refractivity contribution in [2.24, 2.45) is 0 Å². The van der Waals surface area contributed by atoms with Crippen molar-refractivity contribution in [3.63, 3.8) is 0 Å². The lowest BCUT2D eigenvalue weighted by Crippen LogP contribution is -2.36. The van der Waals surface area contributed by atoms with E-state index in [2.05, 4.69) is 5.32 Å². The van der Waals surface area contributed by atoms with Crippen molar-refractivity contribution in [1.82, 2.24) is 5.32 Å². The lowest BCUT2D eigenvalue weighted by Gasteiger charge is -2.36. The van der Waals surface area contributed by atoms with E-state index in [-0.39, 0.29) is 29.8 Å². The Morgan fingerprint density at radius 2 is 1.74 bits per heavy atom. The number of carbonyl (C=O) groups is 2. The average Bonchev–Trinajstić information content (AvgIpc) is 2.93. The van der Waals surface area contributed by atoms with Gasteiger partial charge >= 0.3 is 5.97 Å². The molecule has 1 heterocycles. The molecule has 0 spiro atoms. The second kappa shape index (κ2) is 11.4. The van der Waals surface area contributed by atoms with Crippen LogP contribution in [-0.2, 0) is 20.7 Å². The molecule has 0 unspecified atom stereocenters. The smallest absolute Gasteiger partial charge is 0.336 e. The highest BCUT2D eigenvalue weighted by atomic mass is 35.5. The Kier molecular flexibility index (Phi) is 7.75. The molecule has 5 rings (SSSR count). The summed E-state index contributed by atoms with van der Waals surface area (Å²) in [6.07, 6.45) is 1.50. The van der Waals surface area contributed by atoms with Gasteiger partial charge in [-0.1, -0.05) is 60.1 Å². The Bertz CT molecular complexity index is 1460. The summed E-state index contributed by atoms with van der Waals surface area (Å²) in [5, 5.41) is 14.2. The standard InChI is InChI=1S/C32H30ClNO5/c1-19-29(32(37)39-15-14-20-6-4-3-5-7-20)30(22-10-13-26(35)28(18-22)38-2)31-25(34-19)16-23(17-27(31)36)21-8-11-24(33)12-9-21/h3-13,18,23,30,34-35H,14-17H2,1-2H3/t23-,30-/m1/s1. The molecule has 3 aromatic carbocycles. The molecule has 1 aliphatic heterocycles. The molecule has 2 aliphatic rings. The SMILES string of the molecule is COc1cc([C@@H]2C(C(=O)OCCc3ccccc3)=C(C)NC3=C2C(=O)C[C@H](c2ccc(Cl)cc2)C3)ccc1O. The number of halogens is 1. The number of carbonyl (C=O) groups excluding carboxylic acids is 2. The molecule has 0 saturated carbocycles. The Morgan fingerprint density at radius 3 is 2.46 bits per heavy atom. The van der Waals surface area contributed by atoms with Crippen LogP contribution in [0.1, 0.15) is 48.3 Å². The van der Waals surface area contributed by atoms with Gasteiger partial charge in [-0.2, -0.15) is 0 Å². The van der Waals surface area contributed by atoms with E-state index in [1.54, 1.807) is 12.1 Å². The zero-order chi connectivity index (χ0) is 27.5. The minimum atomic E-state index is -0.654. The second-order valence-corrected chi connectivity index (χ2v) is 10.3. The fourth-order valence-corrected chi connectivity index (χ4v) is 5.60. The topological polar surface area (TPSA) is 84.9 Å². The van der Waals surface area contributed by atoms with Crippen molar-refractivity contribution < 1.29 is 24.2 Å². The number of phenols is 1. The van der Waals surface area contributed by atoms with Crippen LogP contribution in [0.2, 0.25) is 5.02 Å². The molecule has 200 valence electrons. The van der Waals surface area contributed by atoms with E-state index in [1.807, 2.05) is 61.5 Å². The van der Waals surface area contributed by atoms with E-state index in [4.69, 9.17) is 21.1 Å². The summed E-state index contributed by atoms with van der Waals surface area (Å²) in [6, 6.07) is 22.3. The Morgan fingerprint density at radius 1 is 1.03 bits per heavy atom. The number of phenolic OH excluding ortho intramolecular Hbond substituents is 1. The summed E-state index contributed by atoms with van der Waals surface area (Å²) in [5.74, 6) is -0.934. The number of hydrogen-bond donors (Lipinski definition) is 2. The van der Waals surface area contributed by atoms with Gasteiger partial charge in [0.25, 0.3) is 0 Å². The predicted octanol–water partition coefficient (Wildman–Crippen LogP) is 6.20. The van der Waals surface area contributed by atoms with Crippen LogP contribution in [0.25, 0.3) is 0 Å². The fourth-order valence-electron chi connectivity index (χ4n) is 5.47. The average molecular weight is 544 g/mol. The van der Waals surface area contributed by atoms with Crippen LogP contribution >= 0.6 is 11.6 Å². The number of nitrogens with one attached hydrogen (secondary N) is 1. The van der Waals surface area contributed by atoms with E-state index in [1.165, 1.54) is 13.2 Å². The van der Waals surface area contributed by atoms with Crippen LogP contribution in [-0.4, -0.2) is 30.6 Å². The number of aromatic hydroxyl groups is 1. The van der Waals surface area contributed by atoms with Gasteiger partial charge in [0.1, 0.15) is 0 Å². The molecule has 7 heteroatoms. The van der Waals surface area contributed by atoms with Gasteiger partial charge < -0.3 is 19.9 Å². The van der Waals surface area contributed by atoms with Crippen LogP contribution in [0.3, 0.4) is 0 Å². The van der Waals surface area contributed by atoms with Crippen LogP contribution in [0.15, 0.2) is 95.3 Å². The Labute approximate surface area is 232 Å². The summed E-state index contributed by atoms with van der Waals surface area (Å²) in [6.45, 7) is 2.04. The second-order valence-electron chi connectivity index (χ2n) is 9.87.